The van der Waals surface area contributed by atoms with Gasteiger partial charge in [-0.15, -0.1) is 0 Å². The monoisotopic (exact) mass is 814 g/mol. The number of hydrogen-bond donors (Lipinski definition) is 0. The van der Waals surface area contributed by atoms with Gasteiger partial charge in [0.15, 0.2) is 0 Å². The molecule has 0 bridgehead atoms. The highest BCUT2D eigenvalue weighted by atomic mass is 15.1. The summed E-state index contributed by atoms with van der Waals surface area (Å²) in [7, 11) is 0. The second-order valence-electron chi connectivity index (χ2n) is 16.6. The second kappa shape index (κ2) is 15.5. The zero-order valence-electron chi connectivity index (χ0n) is 35.1. The Kier molecular flexibility index (Phi) is 9.09. The fourth-order valence-electron chi connectivity index (χ4n) is 10.3. The van der Waals surface area contributed by atoms with Crippen molar-refractivity contribution in [1.29, 1.82) is 0 Å². The molecule has 0 saturated heterocycles. The van der Waals surface area contributed by atoms with E-state index in [0.29, 0.717) is 0 Å². The van der Waals surface area contributed by atoms with Crippen LogP contribution in [-0.4, -0.2) is 4.98 Å². The van der Waals surface area contributed by atoms with E-state index in [1.165, 1.54) is 55.3 Å². The molecular formula is C62H42N2. The Labute approximate surface area is 374 Å². The third kappa shape index (κ3) is 6.07. The van der Waals surface area contributed by atoms with E-state index in [1.54, 1.807) is 0 Å². The molecule has 0 unspecified atom stereocenters. The number of aromatic nitrogens is 1. The lowest BCUT2D eigenvalue weighted by atomic mass is 9.68. The van der Waals surface area contributed by atoms with E-state index in [9.17, 15) is 0 Å². The van der Waals surface area contributed by atoms with Crippen LogP contribution in [0.1, 0.15) is 22.3 Å². The highest BCUT2D eigenvalue weighted by Gasteiger charge is 2.46. The molecule has 12 rings (SSSR count). The van der Waals surface area contributed by atoms with Gasteiger partial charge >= 0.3 is 0 Å². The van der Waals surface area contributed by atoms with Gasteiger partial charge in [0, 0.05) is 33.4 Å². The van der Waals surface area contributed by atoms with E-state index in [-0.39, 0.29) is 0 Å². The van der Waals surface area contributed by atoms with Gasteiger partial charge in [-0.05, 0) is 103 Å². The fourth-order valence-corrected chi connectivity index (χ4v) is 10.3. The summed E-state index contributed by atoms with van der Waals surface area (Å²) in [5.74, 6) is 0. The molecule has 300 valence electrons. The van der Waals surface area contributed by atoms with Crippen molar-refractivity contribution in [2.45, 2.75) is 5.41 Å². The maximum absolute atomic E-state index is 5.30. The molecule has 0 spiro atoms. The molecule has 64 heavy (non-hydrogen) atoms. The van der Waals surface area contributed by atoms with Crippen molar-refractivity contribution in [3.8, 4) is 44.6 Å². The largest absolute Gasteiger partial charge is 0.310 e. The lowest BCUT2D eigenvalue weighted by molar-refractivity contribution is 0.768. The summed E-state index contributed by atoms with van der Waals surface area (Å²) in [6, 6.07) is 92.5. The average Bonchev–Trinajstić information content (AvgIpc) is 3.68. The van der Waals surface area contributed by atoms with Crippen molar-refractivity contribution >= 4 is 38.7 Å². The third-order valence-corrected chi connectivity index (χ3v) is 13.2. The van der Waals surface area contributed by atoms with Crippen LogP contribution in [0.25, 0.3) is 66.3 Å². The smallest absolute Gasteiger partial charge is 0.0794 e. The lowest BCUT2D eigenvalue weighted by Crippen LogP contribution is -2.28. The number of anilines is 3. The Morgan fingerprint density at radius 2 is 0.766 bits per heavy atom. The number of rotatable bonds is 8. The van der Waals surface area contributed by atoms with Crippen LogP contribution in [0.4, 0.5) is 17.1 Å². The van der Waals surface area contributed by atoms with E-state index < -0.39 is 5.41 Å². The van der Waals surface area contributed by atoms with Gasteiger partial charge in [-0.25, -0.2) is 4.98 Å². The summed E-state index contributed by atoms with van der Waals surface area (Å²) < 4.78 is 0. The highest BCUT2D eigenvalue weighted by molar-refractivity contribution is 6.12. The van der Waals surface area contributed by atoms with Gasteiger partial charge in [-0.3, -0.25) is 0 Å². The number of fused-ring (bicyclic) bond motifs is 6. The number of pyridine rings is 1. The molecule has 0 aliphatic heterocycles. The predicted octanol–water partition coefficient (Wildman–Crippen LogP) is 16.2. The molecule has 1 heterocycles. The van der Waals surface area contributed by atoms with Gasteiger partial charge < -0.3 is 4.90 Å². The molecule has 0 radical (unpaired) electrons. The second-order valence-corrected chi connectivity index (χ2v) is 16.6. The van der Waals surface area contributed by atoms with Crippen molar-refractivity contribution < 1.29 is 0 Å². The summed E-state index contributed by atoms with van der Waals surface area (Å²) in [6.07, 6.45) is 0. The zero-order valence-corrected chi connectivity index (χ0v) is 35.1. The summed E-state index contributed by atoms with van der Waals surface area (Å²) in [4.78, 5) is 7.70. The van der Waals surface area contributed by atoms with Gasteiger partial charge in [0.25, 0.3) is 0 Å². The average molecular weight is 815 g/mol. The van der Waals surface area contributed by atoms with E-state index in [4.69, 9.17) is 4.98 Å². The summed E-state index contributed by atoms with van der Waals surface area (Å²) in [5, 5.41) is 3.53. The molecule has 1 aliphatic rings. The van der Waals surface area contributed by atoms with Crippen LogP contribution in [0, 0.1) is 0 Å². The zero-order chi connectivity index (χ0) is 42.5. The van der Waals surface area contributed by atoms with Crippen LogP contribution in [0.2, 0.25) is 0 Å². The van der Waals surface area contributed by atoms with E-state index in [2.05, 4.69) is 260 Å². The van der Waals surface area contributed by atoms with Crippen LogP contribution in [0.3, 0.4) is 0 Å². The molecule has 0 atom stereocenters. The molecule has 1 aromatic heterocycles. The molecule has 1 aliphatic carbocycles. The molecule has 2 nitrogen and oxygen atoms in total. The number of hydrogen-bond acceptors (Lipinski definition) is 2. The first-order chi connectivity index (χ1) is 31.8. The molecule has 11 aromatic rings. The summed E-state index contributed by atoms with van der Waals surface area (Å²) >= 11 is 0. The number of nitrogens with zero attached hydrogens (tertiary/aromatic N) is 2. The van der Waals surface area contributed by atoms with Crippen molar-refractivity contribution in [2.24, 2.45) is 0 Å². The fraction of sp³-hybridized carbons (Fsp3) is 0.0161. The Balaban J connectivity index is 1.01. The van der Waals surface area contributed by atoms with Crippen LogP contribution in [0.15, 0.2) is 255 Å². The molecule has 2 heteroatoms. The molecular weight excluding hydrogens is 773 g/mol. The van der Waals surface area contributed by atoms with E-state index >= 15 is 0 Å². The van der Waals surface area contributed by atoms with Gasteiger partial charge in [-0.1, -0.05) is 212 Å². The Hall–Kier alpha value is -8.33. The van der Waals surface area contributed by atoms with Gasteiger partial charge in [0.1, 0.15) is 0 Å². The van der Waals surface area contributed by atoms with Crippen molar-refractivity contribution in [1.82, 2.24) is 4.98 Å². The summed E-state index contributed by atoms with van der Waals surface area (Å²) in [5.41, 5.74) is 18.2. The van der Waals surface area contributed by atoms with E-state index in [1.807, 2.05) is 0 Å². The quantitative estimate of drug-likeness (QED) is 0.142. The van der Waals surface area contributed by atoms with Gasteiger partial charge in [0.2, 0.25) is 0 Å². The summed E-state index contributed by atoms with van der Waals surface area (Å²) in [6.45, 7) is 0. The molecule has 0 N–H and O–H groups in total. The topological polar surface area (TPSA) is 16.1 Å². The van der Waals surface area contributed by atoms with Crippen molar-refractivity contribution in [2.75, 3.05) is 4.90 Å². The standard InChI is InChI=1S/C62H42N2/c1-4-18-43(19-5-1)44-32-36-48(37-33-44)64(50-40-41-59-57(42-50)53-26-14-16-30-58(53)62(59,46-20-6-2-7-21-46)47-22-8-3-9-23-47)49-38-34-45(35-39-49)51-24-10-12-28-55(51)61-56-29-13-11-25-52(56)54-27-15-17-31-60(54)63-61/h1-42H. The minimum Gasteiger partial charge on any atom is -0.310 e. The van der Waals surface area contributed by atoms with Crippen LogP contribution < -0.4 is 4.90 Å². The van der Waals surface area contributed by atoms with Gasteiger partial charge in [-0.2, -0.15) is 0 Å². The number of para-hydroxylation sites is 1. The predicted molar refractivity (Wildman–Crippen MR) is 268 cm³/mol. The maximum Gasteiger partial charge on any atom is 0.0794 e. The Bertz CT molecular complexity index is 3430. The minimum atomic E-state index is -0.463. The van der Waals surface area contributed by atoms with Crippen molar-refractivity contribution in [3.05, 3.63) is 277 Å². The lowest BCUT2D eigenvalue weighted by Gasteiger charge is -2.34. The molecule has 10 aromatic carbocycles. The normalized spacial score (nSPS) is 12.5. The molecule has 0 amide bonds. The SMILES string of the molecule is c1ccc(-c2ccc(N(c3ccc(-c4ccccc4-c4nc5ccccc5c5ccccc45)cc3)c3ccc4c(c3)-c3ccccc3C4(c3ccccc3)c3ccccc3)cc2)cc1. The molecule has 0 fully saturated rings. The van der Waals surface area contributed by atoms with Crippen LogP contribution in [-0.2, 0) is 5.41 Å². The minimum absolute atomic E-state index is 0.463. The first kappa shape index (κ1) is 37.4. The first-order valence-corrected chi connectivity index (χ1v) is 22.0. The van der Waals surface area contributed by atoms with Gasteiger partial charge in [0.05, 0.1) is 16.6 Å². The van der Waals surface area contributed by atoms with Crippen molar-refractivity contribution in [3.63, 3.8) is 0 Å². The maximum atomic E-state index is 5.30. The Morgan fingerprint density at radius 3 is 1.44 bits per heavy atom. The van der Waals surface area contributed by atoms with Crippen LogP contribution in [0.5, 0.6) is 0 Å². The Morgan fingerprint density at radius 1 is 0.297 bits per heavy atom. The highest BCUT2D eigenvalue weighted by Crippen LogP contribution is 2.57. The first-order valence-electron chi connectivity index (χ1n) is 22.0. The third-order valence-electron chi connectivity index (χ3n) is 13.2. The van der Waals surface area contributed by atoms with Crippen LogP contribution >= 0.6 is 0 Å². The molecule has 0 saturated carbocycles. The van der Waals surface area contributed by atoms with E-state index in [0.717, 1.165) is 50.3 Å². The number of benzene rings is 10.